The maximum atomic E-state index is 11.6. The Kier molecular flexibility index (Phi) is 8.03. The lowest BCUT2D eigenvalue weighted by molar-refractivity contribution is -0.200. The molecule has 0 saturated carbocycles. The van der Waals surface area contributed by atoms with Gasteiger partial charge in [0, 0.05) is 46.8 Å². The fraction of sp³-hybridized carbons (Fsp3) is 0.667. The van der Waals surface area contributed by atoms with Crippen molar-refractivity contribution in [1.82, 2.24) is 9.80 Å². The SMILES string of the molecule is CN(C)C(=O)COC1CCOC2(C1)CN(Cc1ccsc1)C2.O=C(O)C(F)(F)F. The van der Waals surface area contributed by atoms with Gasteiger partial charge in [0.1, 0.15) is 6.61 Å². The Balaban J connectivity index is 0.000000370. The Morgan fingerprint density at radius 3 is 2.59 bits per heavy atom. The summed E-state index contributed by atoms with van der Waals surface area (Å²) in [6, 6.07) is 2.18. The van der Waals surface area contributed by atoms with Gasteiger partial charge in [-0.3, -0.25) is 9.69 Å². The first-order valence-corrected chi connectivity index (χ1v) is 9.94. The minimum Gasteiger partial charge on any atom is -0.475 e. The summed E-state index contributed by atoms with van der Waals surface area (Å²) in [5.74, 6) is -2.74. The van der Waals surface area contributed by atoms with Crippen molar-refractivity contribution in [1.29, 1.82) is 0 Å². The quantitative estimate of drug-likeness (QED) is 0.760. The number of aliphatic carboxylic acids is 1. The molecule has 3 heterocycles. The molecule has 2 saturated heterocycles. The maximum Gasteiger partial charge on any atom is 0.490 e. The van der Waals surface area contributed by atoms with Crippen LogP contribution in [0.3, 0.4) is 0 Å². The van der Waals surface area contributed by atoms with Gasteiger partial charge in [0.2, 0.25) is 5.91 Å². The maximum absolute atomic E-state index is 11.6. The number of carboxylic acid groups (broad SMARTS) is 1. The van der Waals surface area contributed by atoms with Gasteiger partial charge in [-0.15, -0.1) is 0 Å². The molecule has 2 fully saturated rings. The third kappa shape index (κ3) is 7.25. The summed E-state index contributed by atoms with van der Waals surface area (Å²) in [6.07, 6.45) is -3.16. The van der Waals surface area contributed by atoms with E-state index < -0.39 is 12.1 Å². The molecule has 29 heavy (non-hydrogen) atoms. The molecule has 2 aliphatic heterocycles. The van der Waals surface area contributed by atoms with E-state index >= 15 is 0 Å². The Morgan fingerprint density at radius 1 is 1.41 bits per heavy atom. The molecule has 2 aliphatic rings. The first kappa shape index (κ1) is 23.6. The normalized spacial score (nSPS) is 21.1. The summed E-state index contributed by atoms with van der Waals surface area (Å²) in [5.41, 5.74) is 1.32. The minimum absolute atomic E-state index is 0.0215. The van der Waals surface area contributed by atoms with Crippen molar-refractivity contribution in [2.45, 2.75) is 37.3 Å². The number of alkyl halides is 3. The fourth-order valence-corrected chi connectivity index (χ4v) is 3.84. The molecule has 1 atom stereocenters. The monoisotopic (exact) mass is 438 g/mol. The molecule has 1 amide bonds. The Hall–Kier alpha value is -1.69. The van der Waals surface area contributed by atoms with Crippen molar-refractivity contribution in [3.63, 3.8) is 0 Å². The topological polar surface area (TPSA) is 79.3 Å². The van der Waals surface area contributed by atoms with E-state index in [9.17, 15) is 18.0 Å². The number of thiophene rings is 1. The molecule has 11 heteroatoms. The Morgan fingerprint density at radius 2 is 2.07 bits per heavy atom. The highest BCUT2D eigenvalue weighted by Crippen LogP contribution is 2.36. The Labute approximate surface area is 171 Å². The zero-order valence-electron chi connectivity index (χ0n) is 16.3. The molecular formula is C18H25F3N2O5S. The second-order valence-corrected chi connectivity index (χ2v) is 8.11. The molecule has 1 unspecified atom stereocenters. The van der Waals surface area contributed by atoms with Gasteiger partial charge in [-0.05, 0) is 28.8 Å². The number of ether oxygens (including phenoxy) is 2. The zero-order valence-corrected chi connectivity index (χ0v) is 17.1. The van der Waals surface area contributed by atoms with E-state index in [-0.39, 0.29) is 24.2 Å². The molecule has 3 rings (SSSR count). The van der Waals surface area contributed by atoms with Gasteiger partial charge in [0.25, 0.3) is 0 Å². The van der Waals surface area contributed by atoms with Crippen LogP contribution in [-0.2, 0) is 25.6 Å². The van der Waals surface area contributed by atoms with Crippen molar-refractivity contribution in [3.05, 3.63) is 22.4 Å². The van der Waals surface area contributed by atoms with Crippen LogP contribution in [0.4, 0.5) is 13.2 Å². The van der Waals surface area contributed by atoms with Crippen molar-refractivity contribution in [2.24, 2.45) is 0 Å². The average molecular weight is 438 g/mol. The van der Waals surface area contributed by atoms with Gasteiger partial charge in [0.05, 0.1) is 11.7 Å². The molecule has 1 spiro atoms. The van der Waals surface area contributed by atoms with Crippen LogP contribution in [0, 0.1) is 0 Å². The van der Waals surface area contributed by atoms with Gasteiger partial charge in [-0.25, -0.2) is 4.79 Å². The highest BCUT2D eigenvalue weighted by atomic mass is 32.1. The summed E-state index contributed by atoms with van der Waals surface area (Å²) in [4.78, 5) is 24.5. The number of amides is 1. The predicted octanol–water partition coefficient (Wildman–Crippen LogP) is 2.22. The highest BCUT2D eigenvalue weighted by molar-refractivity contribution is 7.07. The number of carbonyl (C=O) groups is 2. The molecule has 0 aliphatic carbocycles. The second kappa shape index (κ2) is 9.88. The molecule has 0 bridgehead atoms. The number of nitrogens with zero attached hydrogens (tertiary/aromatic N) is 2. The van der Waals surface area contributed by atoms with Crippen LogP contribution >= 0.6 is 11.3 Å². The molecule has 1 aromatic rings. The van der Waals surface area contributed by atoms with Crippen LogP contribution in [0.15, 0.2) is 16.8 Å². The number of hydrogen-bond donors (Lipinski definition) is 1. The van der Waals surface area contributed by atoms with Gasteiger partial charge in [-0.2, -0.15) is 24.5 Å². The summed E-state index contributed by atoms with van der Waals surface area (Å²) >= 11 is 1.74. The van der Waals surface area contributed by atoms with Crippen LogP contribution in [0.5, 0.6) is 0 Å². The van der Waals surface area contributed by atoms with Crippen molar-refractivity contribution < 1.29 is 37.3 Å². The van der Waals surface area contributed by atoms with Gasteiger partial charge in [0.15, 0.2) is 0 Å². The summed E-state index contributed by atoms with van der Waals surface area (Å²) in [5, 5.41) is 11.4. The van der Waals surface area contributed by atoms with E-state index in [1.807, 2.05) is 0 Å². The summed E-state index contributed by atoms with van der Waals surface area (Å²) in [7, 11) is 3.51. The van der Waals surface area contributed by atoms with Crippen LogP contribution in [0.1, 0.15) is 18.4 Å². The number of carboxylic acids is 1. The van der Waals surface area contributed by atoms with E-state index in [0.717, 1.165) is 39.1 Å². The molecule has 0 radical (unpaired) electrons. The van der Waals surface area contributed by atoms with E-state index in [1.54, 1.807) is 30.3 Å². The average Bonchev–Trinajstić information content (AvgIpc) is 3.11. The second-order valence-electron chi connectivity index (χ2n) is 7.33. The largest absolute Gasteiger partial charge is 0.490 e. The van der Waals surface area contributed by atoms with E-state index in [2.05, 4.69) is 21.7 Å². The number of hydrogen-bond acceptors (Lipinski definition) is 6. The lowest BCUT2D eigenvalue weighted by atomic mass is 9.84. The fourth-order valence-electron chi connectivity index (χ4n) is 3.19. The molecule has 0 aromatic carbocycles. The molecule has 7 nitrogen and oxygen atoms in total. The summed E-state index contributed by atoms with van der Waals surface area (Å²) in [6.45, 7) is 3.83. The van der Waals surface area contributed by atoms with Crippen molar-refractivity contribution >= 4 is 23.2 Å². The standard InChI is InChI=1S/C16H24N2O3S.C2HF3O2/c1-17(2)15(19)9-20-14-3-5-21-16(7-14)11-18(12-16)8-13-4-6-22-10-13;3-2(4,5)1(6)7/h4,6,10,14H,3,5,7-9,11-12H2,1-2H3;(H,6,7). The third-order valence-corrected chi connectivity index (χ3v) is 5.37. The van der Waals surface area contributed by atoms with E-state index in [4.69, 9.17) is 19.4 Å². The van der Waals surface area contributed by atoms with Crippen LogP contribution in [-0.4, -0.2) is 85.1 Å². The van der Waals surface area contributed by atoms with Crippen LogP contribution in [0.25, 0.3) is 0 Å². The van der Waals surface area contributed by atoms with Crippen LogP contribution < -0.4 is 0 Å². The van der Waals surface area contributed by atoms with Gasteiger partial charge >= 0.3 is 12.1 Å². The number of carbonyl (C=O) groups excluding carboxylic acids is 1. The first-order chi connectivity index (χ1) is 13.5. The molecular weight excluding hydrogens is 413 g/mol. The van der Waals surface area contributed by atoms with Crippen molar-refractivity contribution in [2.75, 3.05) is 40.4 Å². The minimum atomic E-state index is -5.08. The van der Waals surface area contributed by atoms with Gasteiger partial charge < -0.3 is 19.5 Å². The molecule has 1 aromatic heterocycles. The lowest BCUT2D eigenvalue weighted by Crippen LogP contribution is -2.65. The van der Waals surface area contributed by atoms with E-state index in [1.165, 1.54) is 5.56 Å². The predicted molar refractivity (Wildman–Crippen MR) is 99.6 cm³/mol. The van der Waals surface area contributed by atoms with Crippen molar-refractivity contribution in [3.8, 4) is 0 Å². The highest BCUT2D eigenvalue weighted by Gasteiger charge is 2.47. The number of rotatable bonds is 5. The first-order valence-electron chi connectivity index (χ1n) is 9.00. The lowest BCUT2D eigenvalue weighted by Gasteiger charge is -2.53. The molecule has 164 valence electrons. The number of likely N-dealkylation sites (tertiary alicyclic amines) is 1. The van der Waals surface area contributed by atoms with E-state index in [0.29, 0.717) is 0 Å². The van der Waals surface area contributed by atoms with Crippen LogP contribution in [0.2, 0.25) is 0 Å². The number of halogens is 3. The zero-order chi connectivity index (χ0) is 21.7. The third-order valence-electron chi connectivity index (χ3n) is 4.64. The smallest absolute Gasteiger partial charge is 0.475 e. The summed E-state index contributed by atoms with van der Waals surface area (Å²) < 4.78 is 43.5. The number of likely N-dealkylation sites (N-methyl/N-ethyl adjacent to an activating group) is 1. The molecule has 1 N–H and O–H groups in total. The Bertz CT molecular complexity index is 676. The van der Waals surface area contributed by atoms with Gasteiger partial charge in [-0.1, -0.05) is 0 Å².